The van der Waals surface area contributed by atoms with Crippen LogP contribution >= 0.6 is 0 Å². The van der Waals surface area contributed by atoms with E-state index in [9.17, 15) is 4.79 Å². The van der Waals surface area contributed by atoms with Crippen LogP contribution in [-0.4, -0.2) is 19.1 Å². The van der Waals surface area contributed by atoms with Crippen LogP contribution in [0.3, 0.4) is 0 Å². The van der Waals surface area contributed by atoms with Crippen molar-refractivity contribution in [2.24, 2.45) is 0 Å². The lowest BCUT2D eigenvalue weighted by molar-refractivity contribution is -0.123. The number of methoxy groups -OCH3 is 1. The average molecular weight is 389 g/mol. The molecule has 3 aromatic rings. The minimum absolute atomic E-state index is 0.0335. The minimum atomic E-state index is -0.347. The quantitative estimate of drug-likeness (QED) is 0.602. The maximum Gasteiger partial charge on any atom is 0.237 e. The Morgan fingerprint density at radius 2 is 1.52 bits per heavy atom. The zero-order valence-corrected chi connectivity index (χ0v) is 17.2. The van der Waals surface area contributed by atoms with Crippen molar-refractivity contribution in [3.05, 3.63) is 101 Å². The first kappa shape index (κ1) is 20.6. The molecule has 0 aliphatic rings. The average Bonchev–Trinajstić information content (AvgIpc) is 2.77. The van der Waals surface area contributed by atoms with E-state index in [0.717, 1.165) is 22.4 Å². The molecule has 0 radical (unpaired) electrons. The first-order valence-electron chi connectivity index (χ1n) is 9.85. The molecule has 3 rings (SSSR count). The van der Waals surface area contributed by atoms with Crippen molar-refractivity contribution in [2.75, 3.05) is 7.11 Å². The van der Waals surface area contributed by atoms with E-state index in [4.69, 9.17) is 4.74 Å². The van der Waals surface area contributed by atoms with Crippen LogP contribution in [0.1, 0.15) is 35.2 Å². The van der Waals surface area contributed by atoms with Crippen LogP contribution in [0.15, 0.2) is 78.9 Å². The highest BCUT2D eigenvalue weighted by atomic mass is 16.5. The van der Waals surface area contributed by atoms with Crippen LogP contribution in [0.2, 0.25) is 0 Å². The number of amides is 1. The number of carbonyl (C=O) groups is 1. The topological polar surface area (TPSA) is 50.4 Å². The molecule has 2 N–H and O–H groups in total. The summed E-state index contributed by atoms with van der Waals surface area (Å²) in [5.74, 6) is 0.771. The molecule has 3 aromatic carbocycles. The molecule has 0 heterocycles. The van der Waals surface area contributed by atoms with E-state index in [1.54, 1.807) is 7.11 Å². The van der Waals surface area contributed by atoms with Gasteiger partial charge in [-0.15, -0.1) is 0 Å². The highest BCUT2D eigenvalue weighted by Crippen LogP contribution is 2.23. The summed E-state index contributed by atoms with van der Waals surface area (Å²) in [6, 6.07) is 25.9. The van der Waals surface area contributed by atoms with Gasteiger partial charge in [-0.3, -0.25) is 10.1 Å². The van der Waals surface area contributed by atoms with Gasteiger partial charge in [-0.05, 0) is 42.7 Å². The van der Waals surface area contributed by atoms with Gasteiger partial charge in [0.05, 0.1) is 19.2 Å². The summed E-state index contributed by atoms with van der Waals surface area (Å²) in [4.78, 5) is 12.7. The molecule has 4 nitrogen and oxygen atoms in total. The molecule has 0 fully saturated rings. The number of ether oxygens (including phenoxy) is 1. The van der Waals surface area contributed by atoms with E-state index in [1.807, 2.05) is 49.4 Å². The highest BCUT2D eigenvalue weighted by molar-refractivity contribution is 5.81. The van der Waals surface area contributed by atoms with Gasteiger partial charge in [-0.1, -0.05) is 72.3 Å². The summed E-state index contributed by atoms with van der Waals surface area (Å²) in [6.07, 6.45) is 0. The molecule has 150 valence electrons. The van der Waals surface area contributed by atoms with Crippen LogP contribution in [0, 0.1) is 6.92 Å². The van der Waals surface area contributed by atoms with Crippen molar-refractivity contribution < 1.29 is 9.53 Å². The second-order valence-corrected chi connectivity index (χ2v) is 7.21. The smallest absolute Gasteiger partial charge is 0.237 e. The number of nitrogens with one attached hydrogen (secondary N) is 2. The lowest BCUT2D eigenvalue weighted by Crippen LogP contribution is -2.43. The molecule has 0 aromatic heterocycles. The van der Waals surface area contributed by atoms with Crippen LogP contribution in [0.25, 0.3) is 0 Å². The summed E-state index contributed by atoms with van der Waals surface area (Å²) < 4.78 is 5.17. The lowest BCUT2D eigenvalue weighted by atomic mass is 9.97. The molecule has 4 heteroatoms. The molecule has 1 amide bonds. The Kier molecular flexibility index (Phi) is 7.04. The van der Waals surface area contributed by atoms with Gasteiger partial charge in [0.15, 0.2) is 0 Å². The molecule has 0 spiro atoms. The van der Waals surface area contributed by atoms with Gasteiger partial charge in [0.2, 0.25) is 5.91 Å². The van der Waals surface area contributed by atoms with E-state index in [0.29, 0.717) is 6.54 Å². The van der Waals surface area contributed by atoms with E-state index >= 15 is 0 Å². The van der Waals surface area contributed by atoms with Gasteiger partial charge in [0, 0.05) is 6.54 Å². The summed E-state index contributed by atoms with van der Waals surface area (Å²) in [6.45, 7) is 4.45. The Morgan fingerprint density at radius 1 is 0.897 bits per heavy atom. The number of hydrogen-bond donors (Lipinski definition) is 2. The third-order valence-corrected chi connectivity index (χ3v) is 4.98. The Bertz CT molecular complexity index is 906. The molecular weight excluding hydrogens is 360 g/mol. The van der Waals surface area contributed by atoms with Gasteiger partial charge in [-0.2, -0.15) is 0 Å². The third kappa shape index (κ3) is 5.69. The molecule has 0 unspecified atom stereocenters. The zero-order chi connectivity index (χ0) is 20.6. The van der Waals surface area contributed by atoms with Crippen molar-refractivity contribution in [3.63, 3.8) is 0 Å². The van der Waals surface area contributed by atoms with E-state index in [1.165, 1.54) is 5.56 Å². The van der Waals surface area contributed by atoms with Gasteiger partial charge in [0.1, 0.15) is 5.75 Å². The van der Waals surface area contributed by atoms with Gasteiger partial charge in [-0.25, -0.2) is 0 Å². The first-order valence-corrected chi connectivity index (χ1v) is 9.85. The zero-order valence-electron chi connectivity index (χ0n) is 17.2. The molecule has 2 atom stereocenters. The SMILES string of the molecule is COc1ccc(CNC(=O)[C@H](C)N[C@H](c2ccccc2)c2ccc(C)cc2)cc1. The van der Waals surface area contributed by atoms with E-state index < -0.39 is 0 Å². The number of rotatable bonds is 8. The number of benzene rings is 3. The number of hydrogen-bond acceptors (Lipinski definition) is 3. The van der Waals surface area contributed by atoms with Gasteiger partial charge < -0.3 is 10.1 Å². The third-order valence-electron chi connectivity index (χ3n) is 4.98. The second kappa shape index (κ2) is 9.89. The summed E-state index contributed by atoms with van der Waals surface area (Å²) in [7, 11) is 1.64. The van der Waals surface area contributed by atoms with Gasteiger partial charge in [0.25, 0.3) is 0 Å². The molecule has 29 heavy (non-hydrogen) atoms. The Morgan fingerprint density at radius 3 is 2.14 bits per heavy atom. The maximum absolute atomic E-state index is 12.7. The fraction of sp³-hybridized carbons (Fsp3) is 0.240. The van der Waals surface area contributed by atoms with Crippen molar-refractivity contribution in [2.45, 2.75) is 32.5 Å². The Balaban J connectivity index is 1.67. The largest absolute Gasteiger partial charge is 0.497 e. The van der Waals surface area contributed by atoms with E-state index in [2.05, 4.69) is 54.0 Å². The summed E-state index contributed by atoms with van der Waals surface area (Å²) in [5.41, 5.74) is 4.51. The van der Waals surface area contributed by atoms with Crippen LogP contribution < -0.4 is 15.4 Å². The summed E-state index contributed by atoms with van der Waals surface area (Å²) >= 11 is 0. The molecule has 0 aliphatic carbocycles. The predicted octanol–water partition coefficient (Wildman–Crippen LogP) is 4.39. The van der Waals surface area contributed by atoms with Crippen molar-refractivity contribution >= 4 is 5.91 Å². The van der Waals surface area contributed by atoms with Crippen LogP contribution in [0.4, 0.5) is 0 Å². The molecule has 0 bridgehead atoms. The van der Waals surface area contributed by atoms with Crippen molar-refractivity contribution in [1.82, 2.24) is 10.6 Å². The van der Waals surface area contributed by atoms with Crippen LogP contribution in [-0.2, 0) is 11.3 Å². The van der Waals surface area contributed by atoms with Gasteiger partial charge >= 0.3 is 0 Å². The fourth-order valence-corrected chi connectivity index (χ4v) is 3.20. The van der Waals surface area contributed by atoms with Crippen molar-refractivity contribution in [1.29, 1.82) is 0 Å². The molecular formula is C25H28N2O2. The van der Waals surface area contributed by atoms with E-state index in [-0.39, 0.29) is 18.0 Å². The maximum atomic E-state index is 12.7. The second-order valence-electron chi connectivity index (χ2n) is 7.21. The molecule has 0 saturated carbocycles. The number of carbonyl (C=O) groups excluding carboxylic acids is 1. The van der Waals surface area contributed by atoms with Crippen molar-refractivity contribution in [3.8, 4) is 5.75 Å². The Labute approximate surface area is 172 Å². The van der Waals surface area contributed by atoms with Crippen LogP contribution in [0.5, 0.6) is 5.75 Å². The highest BCUT2D eigenvalue weighted by Gasteiger charge is 2.20. The summed E-state index contributed by atoms with van der Waals surface area (Å²) in [5, 5.41) is 6.50. The predicted molar refractivity (Wildman–Crippen MR) is 117 cm³/mol. The molecule has 0 saturated heterocycles. The molecule has 0 aliphatic heterocycles. The minimum Gasteiger partial charge on any atom is -0.497 e. The number of aryl methyl sites for hydroxylation is 1. The standard InChI is InChI=1S/C25H28N2O2/c1-18-9-13-22(14-10-18)24(21-7-5-4-6-8-21)27-19(2)25(28)26-17-20-11-15-23(29-3)16-12-20/h4-16,19,24,27H,17H2,1-3H3,(H,26,28)/t19-,24+/m0/s1. The monoisotopic (exact) mass is 388 g/mol. The normalized spacial score (nSPS) is 12.8. The first-order chi connectivity index (χ1) is 14.1. The fourth-order valence-electron chi connectivity index (χ4n) is 3.20. The lowest BCUT2D eigenvalue weighted by Gasteiger charge is -2.24. The Hall–Kier alpha value is -3.11.